The number of amides is 4. The molecule has 7 nitrogen and oxygen atoms in total. The maximum atomic E-state index is 12.5. The molecule has 8 heteroatoms. The monoisotopic (exact) mass is 442 g/mol. The van der Waals surface area contributed by atoms with Crippen molar-refractivity contribution in [3.05, 3.63) is 64.2 Å². The van der Waals surface area contributed by atoms with Gasteiger partial charge >= 0.3 is 6.03 Å². The fourth-order valence-electron chi connectivity index (χ4n) is 3.59. The molecule has 3 rings (SSSR count). The predicted octanol–water partition coefficient (Wildman–Crippen LogP) is 3.53. The van der Waals surface area contributed by atoms with E-state index < -0.39 is 0 Å². The summed E-state index contributed by atoms with van der Waals surface area (Å²) in [6, 6.07) is 12.5. The lowest BCUT2D eigenvalue weighted by molar-refractivity contribution is -0.115. The zero-order chi connectivity index (χ0) is 22.4. The number of halogens is 1. The summed E-state index contributed by atoms with van der Waals surface area (Å²) in [6.07, 6.45) is 0.798. The first kappa shape index (κ1) is 22.6. The molecule has 4 amide bonds. The van der Waals surface area contributed by atoms with Crippen LogP contribution in [0, 0.1) is 0 Å². The standard InChI is InChI=1S/C23H27ClN4O3/c1-3-27(4-2)22(30)19-10-9-18(13-20(19)24)26-21(29)14-25-23(31)28-12-11-16-7-5-6-8-17(16)15-28/h5-10,13H,3-4,11-12,14-15H2,1-2H3,(H,25,31)(H,26,29). The molecule has 0 atom stereocenters. The van der Waals surface area contributed by atoms with Crippen molar-refractivity contribution in [3.8, 4) is 0 Å². The SMILES string of the molecule is CCN(CC)C(=O)c1ccc(NC(=O)CNC(=O)N2CCc3ccccc3C2)cc1Cl. The van der Waals surface area contributed by atoms with Gasteiger partial charge in [-0.05, 0) is 49.6 Å². The summed E-state index contributed by atoms with van der Waals surface area (Å²) in [6.45, 7) is 5.97. The molecule has 0 fully saturated rings. The number of nitrogens with zero attached hydrogens (tertiary/aromatic N) is 2. The van der Waals surface area contributed by atoms with Gasteiger partial charge in [-0.3, -0.25) is 9.59 Å². The molecule has 164 valence electrons. The molecule has 0 bridgehead atoms. The highest BCUT2D eigenvalue weighted by Gasteiger charge is 2.21. The van der Waals surface area contributed by atoms with Gasteiger partial charge in [-0.2, -0.15) is 0 Å². The van der Waals surface area contributed by atoms with Crippen molar-refractivity contribution in [2.24, 2.45) is 0 Å². The average Bonchev–Trinajstić information content (AvgIpc) is 2.78. The minimum Gasteiger partial charge on any atom is -0.339 e. The normalized spacial score (nSPS) is 12.7. The second-order valence-corrected chi connectivity index (χ2v) is 7.73. The lowest BCUT2D eigenvalue weighted by Crippen LogP contribution is -2.45. The zero-order valence-corrected chi connectivity index (χ0v) is 18.5. The molecule has 0 aromatic heterocycles. The molecule has 0 unspecified atom stereocenters. The van der Waals surface area contributed by atoms with E-state index >= 15 is 0 Å². The number of benzene rings is 2. The highest BCUT2D eigenvalue weighted by atomic mass is 35.5. The molecule has 1 heterocycles. The third kappa shape index (κ3) is 5.55. The molecule has 0 saturated heterocycles. The first-order chi connectivity index (χ1) is 14.9. The lowest BCUT2D eigenvalue weighted by Gasteiger charge is -2.28. The molecule has 0 saturated carbocycles. The molecule has 0 radical (unpaired) electrons. The Morgan fingerprint density at radius 3 is 2.45 bits per heavy atom. The summed E-state index contributed by atoms with van der Waals surface area (Å²) in [7, 11) is 0. The fraction of sp³-hybridized carbons (Fsp3) is 0.348. The van der Waals surface area contributed by atoms with Gasteiger partial charge in [-0.25, -0.2) is 4.79 Å². The second-order valence-electron chi connectivity index (χ2n) is 7.32. The number of urea groups is 1. The van der Waals surface area contributed by atoms with E-state index in [0.29, 0.717) is 37.4 Å². The Kier molecular flexibility index (Phi) is 7.52. The summed E-state index contributed by atoms with van der Waals surface area (Å²) < 4.78 is 0. The molecule has 2 N–H and O–H groups in total. The van der Waals surface area contributed by atoms with Crippen LogP contribution in [0.5, 0.6) is 0 Å². The second kappa shape index (κ2) is 10.3. The quantitative estimate of drug-likeness (QED) is 0.718. The highest BCUT2D eigenvalue weighted by Crippen LogP contribution is 2.22. The van der Waals surface area contributed by atoms with E-state index in [2.05, 4.69) is 16.7 Å². The topological polar surface area (TPSA) is 81.8 Å². The van der Waals surface area contributed by atoms with E-state index in [1.165, 1.54) is 5.56 Å². The van der Waals surface area contributed by atoms with E-state index in [9.17, 15) is 14.4 Å². The number of carbonyl (C=O) groups is 3. The minimum atomic E-state index is -0.371. The number of anilines is 1. The summed E-state index contributed by atoms with van der Waals surface area (Å²) in [5.41, 5.74) is 3.24. The fourth-order valence-corrected chi connectivity index (χ4v) is 3.85. The van der Waals surface area contributed by atoms with Gasteiger partial charge in [0.1, 0.15) is 0 Å². The number of hydrogen-bond acceptors (Lipinski definition) is 3. The van der Waals surface area contributed by atoms with Crippen LogP contribution in [0.3, 0.4) is 0 Å². The molecule has 31 heavy (non-hydrogen) atoms. The van der Waals surface area contributed by atoms with Gasteiger partial charge in [-0.1, -0.05) is 35.9 Å². The van der Waals surface area contributed by atoms with Crippen molar-refractivity contribution in [1.29, 1.82) is 0 Å². The van der Waals surface area contributed by atoms with Gasteiger partial charge in [0, 0.05) is 31.9 Å². The van der Waals surface area contributed by atoms with Crippen LogP contribution in [0.4, 0.5) is 10.5 Å². The van der Waals surface area contributed by atoms with E-state index in [1.807, 2.05) is 32.0 Å². The van der Waals surface area contributed by atoms with Crippen molar-refractivity contribution in [2.75, 3.05) is 31.5 Å². The summed E-state index contributed by atoms with van der Waals surface area (Å²) in [5, 5.41) is 5.63. The van der Waals surface area contributed by atoms with Crippen molar-refractivity contribution < 1.29 is 14.4 Å². The molecule has 2 aromatic rings. The summed E-state index contributed by atoms with van der Waals surface area (Å²) in [4.78, 5) is 40.5. The number of fused-ring (bicyclic) bond motifs is 1. The Morgan fingerprint density at radius 1 is 1.06 bits per heavy atom. The van der Waals surface area contributed by atoms with Gasteiger partial charge in [-0.15, -0.1) is 0 Å². The van der Waals surface area contributed by atoms with Crippen LogP contribution in [0.1, 0.15) is 35.3 Å². The predicted molar refractivity (Wildman–Crippen MR) is 121 cm³/mol. The molecule has 0 spiro atoms. The molecular weight excluding hydrogens is 416 g/mol. The molecule has 2 aromatic carbocycles. The molecule has 0 aliphatic carbocycles. The van der Waals surface area contributed by atoms with Crippen molar-refractivity contribution in [1.82, 2.24) is 15.1 Å². The largest absolute Gasteiger partial charge is 0.339 e. The number of nitrogens with one attached hydrogen (secondary N) is 2. The Hall–Kier alpha value is -3.06. The Bertz CT molecular complexity index is 975. The number of hydrogen-bond donors (Lipinski definition) is 2. The first-order valence-electron chi connectivity index (χ1n) is 10.4. The van der Waals surface area contributed by atoms with Crippen molar-refractivity contribution >= 4 is 35.1 Å². The molecule has 1 aliphatic rings. The van der Waals surface area contributed by atoms with Crippen LogP contribution in [-0.4, -0.2) is 53.8 Å². The van der Waals surface area contributed by atoms with E-state index in [-0.39, 0.29) is 29.4 Å². The van der Waals surface area contributed by atoms with Gasteiger partial charge in [0.05, 0.1) is 17.1 Å². The summed E-state index contributed by atoms with van der Waals surface area (Å²) >= 11 is 6.26. The van der Waals surface area contributed by atoms with Crippen molar-refractivity contribution in [2.45, 2.75) is 26.8 Å². The lowest BCUT2D eigenvalue weighted by atomic mass is 10.0. The van der Waals surface area contributed by atoms with Crippen LogP contribution in [0.25, 0.3) is 0 Å². The smallest absolute Gasteiger partial charge is 0.318 e. The number of carbonyl (C=O) groups excluding carboxylic acids is 3. The minimum absolute atomic E-state index is 0.150. The number of rotatable bonds is 6. The molecule has 1 aliphatic heterocycles. The Balaban J connectivity index is 1.52. The van der Waals surface area contributed by atoms with E-state index in [4.69, 9.17) is 11.6 Å². The van der Waals surface area contributed by atoms with Gasteiger partial charge in [0.15, 0.2) is 0 Å². The van der Waals surface area contributed by atoms with E-state index in [0.717, 1.165) is 12.0 Å². The van der Waals surface area contributed by atoms with Crippen LogP contribution in [-0.2, 0) is 17.8 Å². The average molecular weight is 443 g/mol. The Morgan fingerprint density at radius 2 is 1.77 bits per heavy atom. The maximum Gasteiger partial charge on any atom is 0.318 e. The van der Waals surface area contributed by atoms with E-state index in [1.54, 1.807) is 28.0 Å². The summed E-state index contributed by atoms with van der Waals surface area (Å²) in [5.74, 6) is -0.520. The zero-order valence-electron chi connectivity index (χ0n) is 17.8. The highest BCUT2D eigenvalue weighted by molar-refractivity contribution is 6.34. The Labute approximate surface area is 187 Å². The first-order valence-corrected chi connectivity index (χ1v) is 10.8. The van der Waals surface area contributed by atoms with Crippen LogP contribution in [0.2, 0.25) is 5.02 Å². The van der Waals surface area contributed by atoms with Gasteiger partial charge < -0.3 is 20.4 Å². The van der Waals surface area contributed by atoms with Gasteiger partial charge in [0.25, 0.3) is 5.91 Å². The van der Waals surface area contributed by atoms with Crippen LogP contribution >= 0.6 is 11.6 Å². The van der Waals surface area contributed by atoms with Crippen LogP contribution in [0.15, 0.2) is 42.5 Å². The third-order valence-electron chi connectivity index (χ3n) is 5.35. The maximum absolute atomic E-state index is 12.5. The molecular formula is C23H27ClN4O3. The van der Waals surface area contributed by atoms with Crippen molar-refractivity contribution in [3.63, 3.8) is 0 Å². The van der Waals surface area contributed by atoms with Crippen LogP contribution < -0.4 is 10.6 Å². The van der Waals surface area contributed by atoms with Gasteiger partial charge in [0.2, 0.25) is 5.91 Å². The third-order valence-corrected chi connectivity index (χ3v) is 5.66.